The van der Waals surface area contributed by atoms with Crippen molar-refractivity contribution in [3.8, 4) is 68.4 Å². The van der Waals surface area contributed by atoms with E-state index in [0.717, 1.165) is 33.6 Å². The van der Waals surface area contributed by atoms with Crippen molar-refractivity contribution in [3.63, 3.8) is 0 Å². The standard InChI is InChI=1S/C42H38N8O2.Pt/c1-41(2,49-35(31-21-13-7-14-22-31)27-37(45-49)47-39(51)25-33(43-47)29-17-9-5-10-18-29)42(3,4)50-36(32-23-15-8-16-24-32)28-38(46-50)48-40(52)26-34(44-48)30-19-11-6-12-20-30;/h5-28,51-52H,1-4H3;. The molecular weight excluding hydrogens is 844 g/mol. The third-order valence-corrected chi connectivity index (χ3v) is 10.0. The fraction of sp³-hybridized carbons (Fsp3) is 0.143. The maximum Gasteiger partial charge on any atom is 0.216 e. The van der Waals surface area contributed by atoms with E-state index >= 15 is 0 Å². The number of rotatable bonds is 9. The third kappa shape index (κ3) is 6.29. The van der Waals surface area contributed by atoms with Crippen LogP contribution in [0.1, 0.15) is 27.7 Å². The van der Waals surface area contributed by atoms with Crippen LogP contribution in [0.2, 0.25) is 0 Å². The summed E-state index contributed by atoms with van der Waals surface area (Å²) in [5.74, 6) is 0.915. The second-order valence-electron chi connectivity index (χ2n) is 13.8. The van der Waals surface area contributed by atoms with E-state index in [1.165, 1.54) is 9.36 Å². The van der Waals surface area contributed by atoms with Crippen LogP contribution < -0.4 is 0 Å². The van der Waals surface area contributed by atoms with Gasteiger partial charge in [0.05, 0.1) is 33.9 Å². The van der Waals surface area contributed by atoms with Crippen LogP contribution in [0.5, 0.6) is 11.8 Å². The molecule has 53 heavy (non-hydrogen) atoms. The Hall–Kier alpha value is -5.99. The Labute approximate surface area is 321 Å². The van der Waals surface area contributed by atoms with Crippen molar-refractivity contribution in [2.24, 2.45) is 0 Å². The van der Waals surface area contributed by atoms with Crippen LogP contribution in [-0.4, -0.2) is 49.3 Å². The van der Waals surface area contributed by atoms with Crippen molar-refractivity contribution in [1.82, 2.24) is 39.1 Å². The molecule has 0 amide bonds. The second kappa shape index (κ2) is 13.9. The van der Waals surface area contributed by atoms with Gasteiger partial charge in [-0.1, -0.05) is 121 Å². The van der Waals surface area contributed by atoms with Crippen LogP contribution in [-0.2, 0) is 32.1 Å². The number of aromatic nitrogens is 8. The van der Waals surface area contributed by atoms with Gasteiger partial charge in [0, 0.05) is 56.5 Å². The molecule has 2 N–H and O–H groups in total. The topological polar surface area (TPSA) is 112 Å². The first-order chi connectivity index (χ1) is 25.1. The second-order valence-corrected chi connectivity index (χ2v) is 13.8. The zero-order chi connectivity index (χ0) is 36.0. The molecule has 11 heteroatoms. The van der Waals surface area contributed by atoms with Gasteiger partial charge in [0.25, 0.3) is 0 Å². The Kier molecular flexibility index (Phi) is 9.26. The largest absolute Gasteiger partial charge is 0.493 e. The minimum atomic E-state index is -0.754. The summed E-state index contributed by atoms with van der Waals surface area (Å²) in [5, 5.41) is 42.1. The molecule has 0 spiro atoms. The summed E-state index contributed by atoms with van der Waals surface area (Å²) < 4.78 is 6.94. The minimum absolute atomic E-state index is 0. The number of aromatic hydroxyl groups is 2. The molecule has 0 bridgehead atoms. The van der Waals surface area contributed by atoms with E-state index in [-0.39, 0.29) is 32.8 Å². The van der Waals surface area contributed by atoms with E-state index in [1.54, 1.807) is 12.1 Å². The van der Waals surface area contributed by atoms with Crippen LogP contribution in [0.25, 0.3) is 56.7 Å². The van der Waals surface area contributed by atoms with Crippen molar-refractivity contribution in [2.45, 2.75) is 38.8 Å². The summed E-state index contributed by atoms with van der Waals surface area (Å²) in [6.07, 6.45) is 0. The normalized spacial score (nSPS) is 11.8. The Morgan fingerprint density at radius 1 is 0.415 bits per heavy atom. The molecule has 4 aromatic heterocycles. The third-order valence-electron chi connectivity index (χ3n) is 10.0. The van der Waals surface area contributed by atoms with Gasteiger partial charge in [-0.25, -0.2) is 0 Å². The molecule has 0 saturated carbocycles. The Morgan fingerprint density at radius 3 is 1.04 bits per heavy atom. The molecule has 0 atom stereocenters. The summed E-state index contributed by atoms with van der Waals surface area (Å²) in [4.78, 5) is 0. The molecule has 0 radical (unpaired) electrons. The fourth-order valence-electron chi connectivity index (χ4n) is 6.52. The van der Waals surface area contributed by atoms with Gasteiger partial charge in [0.15, 0.2) is 11.6 Å². The smallest absolute Gasteiger partial charge is 0.216 e. The van der Waals surface area contributed by atoms with Gasteiger partial charge in [-0.3, -0.25) is 9.36 Å². The number of benzene rings is 4. The van der Waals surface area contributed by atoms with E-state index in [1.807, 2.05) is 143 Å². The van der Waals surface area contributed by atoms with E-state index in [4.69, 9.17) is 20.4 Å². The maximum atomic E-state index is 11.1. The van der Waals surface area contributed by atoms with E-state index in [2.05, 4.69) is 27.7 Å². The van der Waals surface area contributed by atoms with Gasteiger partial charge >= 0.3 is 0 Å². The average Bonchev–Trinajstić information content (AvgIpc) is 3.98. The summed E-state index contributed by atoms with van der Waals surface area (Å²) in [7, 11) is 0. The molecule has 0 unspecified atom stereocenters. The fourth-order valence-corrected chi connectivity index (χ4v) is 6.52. The Morgan fingerprint density at radius 2 is 0.717 bits per heavy atom. The molecule has 0 aliphatic rings. The monoisotopic (exact) mass is 881 g/mol. The van der Waals surface area contributed by atoms with Crippen LogP contribution in [0.15, 0.2) is 146 Å². The average molecular weight is 882 g/mol. The predicted molar refractivity (Wildman–Crippen MR) is 202 cm³/mol. The van der Waals surface area contributed by atoms with Crippen molar-refractivity contribution in [3.05, 3.63) is 146 Å². The first-order valence-electron chi connectivity index (χ1n) is 17.1. The molecule has 0 fully saturated rings. The van der Waals surface area contributed by atoms with Gasteiger partial charge < -0.3 is 10.2 Å². The van der Waals surface area contributed by atoms with Gasteiger partial charge in [-0.05, 0) is 38.8 Å². The Bertz CT molecular complexity index is 2310. The molecule has 4 heterocycles. The van der Waals surface area contributed by atoms with Gasteiger partial charge in [0.1, 0.15) is 0 Å². The number of hydrogen-bond donors (Lipinski definition) is 2. The molecule has 0 aliphatic heterocycles. The van der Waals surface area contributed by atoms with Gasteiger partial charge in [-0.15, -0.1) is 0 Å². The minimum Gasteiger partial charge on any atom is -0.493 e. The maximum absolute atomic E-state index is 11.1. The molecule has 4 aromatic carbocycles. The van der Waals surface area contributed by atoms with Crippen molar-refractivity contribution in [2.75, 3.05) is 0 Å². The zero-order valence-corrected chi connectivity index (χ0v) is 31.9. The number of hydrogen-bond acceptors (Lipinski definition) is 6. The van der Waals surface area contributed by atoms with Gasteiger partial charge in [-0.2, -0.15) is 29.8 Å². The van der Waals surface area contributed by atoms with E-state index < -0.39 is 11.1 Å². The van der Waals surface area contributed by atoms with Crippen LogP contribution in [0, 0.1) is 0 Å². The van der Waals surface area contributed by atoms with Crippen LogP contribution >= 0.6 is 0 Å². The first kappa shape index (κ1) is 35.4. The summed E-state index contributed by atoms with van der Waals surface area (Å²) >= 11 is 0. The summed E-state index contributed by atoms with van der Waals surface area (Å²) in [5.41, 5.74) is 5.16. The molecule has 0 aliphatic carbocycles. The summed E-state index contributed by atoms with van der Waals surface area (Å²) in [6, 6.07) is 46.8. The van der Waals surface area contributed by atoms with Crippen LogP contribution in [0.4, 0.5) is 0 Å². The van der Waals surface area contributed by atoms with Crippen molar-refractivity contribution < 1.29 is 31.3 Å². The van der Waals surface area contributed by atoms with Crippen LogP contribution in [0.3, 0.4) is 0 Å². The van der Waals surface area contributed by atoms with Crippen molar-refractivity contribution >= 4 is 0 Å². The Balaban J connectivity index is 0.00000435. The van der Waals surface area contributed by atoms with E-state index in [9.17, 15) is 10.2 Å². The zero-order valence-electron chi connectivity index (χ0n) is 29.6. The molecule has 8 rings (SSSR count). The SMILES string of the molecule is CC(C)(n1nc(-n2nc(-c3ccccc3)cc2O)cc1-c1ccccc1)C(C)(C)n1nc(-n2nc(-c3ccccc3)cc2O)cc1-c1ccccc1.[Pt]. The number of nitrogens with zero attached hydrogens (tertiary/aromatic N) is 8. The van der Waals surface area contributed by atoms with Gasteiger partial charge in [0.2, 0.25) is 11.8 Å². The van der Waals surface area contributed by atoms with E-state index in [0.29, 0.717) is 23.0 Å². The quantitative estimate of drug-likeness (QED) is 0.150. The molecule has 268 valence electrons. The van der Waals surface area contributed by atoms with Crippen molar-refractivity contribution in [1.29, 1.82) is 0 Å². The molecular formula is C42H38N8O2Pt. The molecule has 8 aromatic rings. The molecule has 10 nitrogen and oxygen atoms in total. The predicted octanol–water partition coefficient (Wildman–Crippen LogP) is 8.70. The molecule has 0 saturated heterocycles. The first-order valence-corrected chi connectivity index (χ1v) is 17.1. The summed E-state index contributed by atoms with van der Waals surface area (Å²) in [6.45, 7) is 8.51.